The molecule has 0 bridgehead atoms. The molecule has 0 aromatic carbocycles. The van der Waals surface area contributed by atoms with E-state index < -0.39 is 6.00 Å². The van der Waals surface area contributed by atoms with Gasteiger partial charge in [0, 0.05) is 5.88 Å². The average molecular weight is 661 g/mol. The molecule has 0 aliphatic carbocycles. The highest BCUT2D eigenvalue weighted by atomic mass is 35.8. The lowest BCUT2D eigenvalue weighted by molar-refractivity contribution is 0.512. The van der Waals surface area contributed by atoms with Crippen LogP contribution in [0.1, 0.15) is 212 Å². The van der Waals surface area contributed by atoms with Crippen molar-refractivity contribution in [1.29, 1.82) is 0 Å². The van der Waals surface area contributed by atoms with Gasteiger partial charge in [0.15, 0.2) is 0 Å². The van der Waals surface area contributed by atoms with Gasteiger partial charge in [-0.3, -0.25) is 0 Å². The minimum absolute atomic E-state index is 0.829. The van der Waals surface area contributed by atoms with E-state index in [1.165, 1.54) is 205 Å². The molecule has 0 aromatic rings. The van der Waals surface area contributed by atoms with Crippen LogP contribution < -0.4 is 0 Å². The molecule has 0 saturated carbocycles. The van der Waals surface area contributed by atoms with Gasteiger partial charge < -0.3 is 0 Å². The Bertz CT molecular complexity index is 455. The first-order valence-electron chi connectivity index (χ1n) is 18.2. The predicted molar refractivity (Wildman–Crippen MR) is 191 cm³/mol. The summed E-state index contributed by atoms with van der Waals surface area (Å²) in [7, 11) is 0. The quantitative estimate of drug-likeness (QED) is 0.0275. The Kier molecular flexibility index (Phi) is 36.1. The van der Waals surface area contributed by atoms with Gasteiger partial charge in [0.25, 0.3) is 0 Å². The molecule has 0 N–H and O–H groups in total. The third kappa shape index (κ3) is 39.4. The largest absolute Gasteiger partial charge is 0.341 e. The van der Waals surface area contributed by atoms with Crippen LogP contribution in [0.15, 0.2) is 0 Å². The molecule has 0 heterocycles. The van der Waals surface area contributed by atoms with E-state index in [0.29, 0.717) is 0 Å². The van der Waals surface area contributed by atoms with Crippen molar-refractivity contribution in [3.05, 3.63) is 0 Å². The summed E-state index contributed by atoms with van der Waals surface area (Å²) in [5.74, 6) is 0.842. The summed E-state index contributed by atoms with van der Waals surface area (Å²) >= 11 is 23.5. The van der Waals surface area contributed by atoms with Crippen molar-refractivity contribution >= 4 is 50.8 Å². The minimum Gasteiger partial charge on any atom is -0.127 e. The van der Waals surface area contributed by atoms with Crippen LogP contribution >= 0.6 is 44.8 Å². The highest BCUT2D eigenvalue weighted by molar-refractivity contribution is 7.64. The number of halogens is 4. The van der Waals surface area contributed by atoms with E-state index in [2.05, 4.69) is 0 Å². The summed E-state index contributed by atoms with van der Waals surface area (Å²) in [5, 5.41) is 0. The van der Waals surface area contributed by atoms with E-state index in [-0.39, 0.29) is 0 Å². The molecule has 0 aromatic heterocycles. The van der Waals surface area contributed by atoms with Gasteiger partial charge in [0.2, 0.25) is 0 Å². The molecule has 0 unspecified atom stereocenters. The number of hydrogen-bond donors (Lipinski definition) is 0. The standard InChI is InChI=1S/C35H70Cl4Si/c36-34-32-30-28-26-24-22-20-18-16-14-12-10-8-6-4-2-1-3-5-7-9-11-13-15-17-19-21-23-25-27-29-31-33-35-40(37,38)39/h1-35H2. The maximum absolute atomic E-state index is 5.93. The lowest BCUT2D eigenvalue weighted by atomic mass is 10.0. The summed E-state index contributed by atoms with van der Waals surface area (Å²) in [6, 6.07) is -1.54. The molecular weight excluding hydrogens is 590 g/mol. The molecule has 5 heteroatoms. The summed E-state index contributed by atoms with van der Waals surface area (Å²) in [6.45, 7) is 0. The molecule has 0 rings (SSSR count). The van der Waals surface area contributed by atoms with Crippen LogP contribution in [0.3, 0.4) is 0 Å². The van der Waals surface area contributed by atoms with E-state index in [0.717, 1.165) is 18.3 Å². The Morgan fingerprint density at radius 2 is 0.375 bits per heavy atom. The fourth-order valence-electron chi connectivity index (χ4n) is 5.90. The van der Waals surface area contributed by atoms with Gasteiger partial charge in [0.1, 0.15) is 0 Å². The smallest absolute Gasteiger partial charge is 0.127 e. The summed E-state index contributed by atoms with van der Waals surface area (Å²) in [4.78, 5) is 0. The van der Waals surface area contributed by atoms with E-state index >= 15 is 0 Å². The van der Waals surface area contributed by atoms with Crippen LogP contribution in [0.25, 0.3) is 0 Å². The van der Waals surface area contributed by atoms with Gasteiger partial charge in [0.05, 0.1) is 0 Å². The molecule has 0 fully saturated rings. The van der Waals surface area contributed by atoms with Crippen LogP contribution in [-0.2, 0) is 0 Å². The Balaban J connectivity index is 3.04. The second kappa shape index (κ2) is 34.9. The van der Waals surface area contributed by atoms with Crippen LogP contribution in [0.2, 0.25) is 6.04 Å². The summed E-state index contributed by atoms with van der Waals surface area (Å²) in [5.41, 5.74) is 0. The first-order chi connectivity index (χ1) is 19.6. The Morgan fingerprint density at radius 1 is 0.225 bits per heavy atom. The number of rotatable bonds is 35. The van der Waals surface area contributed by atoms with Gasteiger partial charge in [-0.15, -0.1) is 44.8 Å². The first-order valence-corrected chi connectivity index (χ1v) is 24.0. The fourth-order valence-corrected chi connectivity index (χ4v) is 7.94. The SMILES string of the molecule is ClCCCCCCCCCCCCCCCCCCCCCCCCCCCCCCCCCCC[Si](Cl)(Cl)Cl. The Labute approximate surface area is 273 Å². The molecular formula is C35H70Cl4Si. The van der Waals surface area contributed by atoms with E-state index in [1.54, 1.807) is 0 Å². The zero-order valence-electron chi connectivity index (χ0n) is 26.8. The van der Waals surface area contributed by atoms with Crippen molar-refractivity contribution in [3.63, 3.8) is 0 Å². The van der Waals surface area contributed by atoms with Crippen molar-refractivity contribution in [3.8, 4) is 0 Å². The lowest BCUT2D eigenvalue weighted by Gasteiger charge is -2.07. The van der Waals surface area contributed by atoms with Crippen molar-refractivity contribution in [1.82, 2.24) is 0 Å². The summed E-state index contributed by atoms with van der Waals surface area (Å²) in [6.07, 6.45) is 46.8. The zero-order valence-corrected chi connectivity index (χ0v) is 30.8. The van der Waals surface area contributed by atoms with E-state index in [4.69, 9.17) is 44.8 Å². The highest BCUT2D eigenvalue weighted by Gasteiger charge is 2.23. The molecule has 0 nitrogen and oxygen atoms in total. The Morgan fingerprint density at radius 3 is 0.525 bits per heavy atom. The third-order valence-electron chi connectivity index (χ3n) is 8.59. The van der Waals surface area contributed by atoms with Crippen LogP contribution in [0, 0.1) is 0 Å². The van der Waals surface area contributed by atoms with E-state index in [9.17, 15) is 0 Å². The topological polar surface area (TPSA) is 0 Å². The second-order valence-corrected chi connectivity index (χ2v) is 22.4. The molecule has 0 radical (unpaired) electrons. The summed E-state index contributed by atoms with van der Waals surface area (Å²) < 4.78 is 0. The Hall–Kier alpha value is 1.38. The monoisotopic (exact) mass is 658 g/mol. The van der Waals surface area contributed by atoms with Gasteiger partial charge in [-0.05, 0) is 12.5 Å². The zero-order chi connectivity index (χ0) is 29.2. The number of hydrogen-bond acceptors (Lipinski definition) is 0. The van der Waals surface area contributed by atoms with Crippen molar-refractivity contribution in [2.75, 3.05) is 5.88 Å². The second-order valence-electron chi connectivity index (χ2n) is 12.7. The van der Waals surface area contributed by atoms with Gasteiger partial charge in [-0.2, -0.15) is 0 Å². The fraction of sp³-hybridized carbons (Fsp3) is 1.00. The van der Waals surface area contributed by atoms with Crippen molar-refractivity contribution < 1.29 is 0 Å². The average Bonchev–Trinajstić information content (AvgIpc) is 2.92. The van der Waals surface area contributed by atoms with Crippen molar-refractivity contribution in [2.45, 2.75) is 218 Å². The molecule has 0 amide bonds. The van der Waals surface area contributed by atoms with Crippen LogP contribution in [0.4, 0.5) is 0 Å². The molecule has 0 aliphatic heterocycles. The normalized spacial score (nSPS) is 12.0. The number of unbranched alkanes of at least 4 members (excludes halogenated alkanes) is 32. The lowest BCUT2D eigenvalue weighted by Crippen LogP contribution is -2.07. The van der Waals surface area contributed by atoms with Gasteiger partial charge in [-0.1, -0.05) is 205 Å². The first kappa shape index (κ1) is 41.4. The van der Waals surface area contributed by atoms with Crippen LogP contribution in [0.5, 0.6) is 0 Å². The molecule has 0 saturated heterocycles. The minimum atomic E-state index is -2.37. The highest BCUT2D eigenvalue weighted by Crippen LogP contribution is 2.27. The van der Waals surface area contributed by atoms with Crippen molar-refractivity contribution in [2.24, 2.45) is 0 Å². The number of alkyl halides is 1. The third-order valence-corrected chi connectivity index (χ3v) is 11.5. The maximum Gasteiger partial charge on any atom is 0.341 e. The molecule has 40 heavy (non-hydrogen) atoms. The molecule has 0 aliphatic rings. The van der Waals surface area contributed by atoms with E-state index in [1.807, 2.05) is 0 Å². The van der Waals surface area contributed by atoms with Gasteiger partial charge >= 0.3 is 6.00 Å². The molecule has 242 valence electrons. The molecule has 0 spiro atoms. The molecule has 0 atom stereocenters. The maximum atomic E-state index is 5.93. The van der Waals surface area contributed by atoms with Crippen LogP contribution in [-0.4, -0.2) is 11.9 Å². The van der Waals surface area contributed by atoms with Gasteiger partial charge in [-0.25, -0.2) is 0 Å². The predicted octanol–water partition coefficient (Wildman–Crippen LogP) is 15.8.